The highest BCUT2D eigenvalue weighted by molar-refractivity contribution is 8.01. The fourth-order valence-corrected chi connectivity index (χ4v) is 4.09. The molecule has 0 atom stereocenters. The molecule has 0 aliphatic carbocycles. The van der Waals surface area contributed by atoms with Crippen LogP contribution in [0, 0.1) is 0 Å². The van der Waals surface area contributed by atoms with Crippen molar-refractivity contribution in [2.24, 2.45) is 0 Å². The molecule has 0 aliphatic heterocycles. The highest BCUT2D eigenvalue weighted by Crippen LogP contribution is 2.47. The predicted octanol–water partition coefficient (Wildman–Crippen LogP) is 4.82. The van der Waals surface area contributed by atoms with Gasteiger partial charge in [-0.1, -0.05) is 91.0 Å². The van der Waals surface area contributed by atoms with Crippen LogP contribution >= 0.6 is 11.8 Å². The Labute approximate surface area is 141 Å². The van der Waals surface area contributed by atoms with Crippen LogP contribution in [0.15, 0.2) is 91.0 Å². The van der Waals surface area contributed by atoms with Gasteiger partial charge in [0.05, 0.1) is 10.5 Å². The third-order valence-corrected chi connectivity index (χ3v) is 5.29. The lowest BCUT2D eigenvalue weighted by Gasteiger charge is -2.34. The zero-order valence-electron chi connectivity index (χ0n) is 12.7. The van der Waals surface area contributed by atoms with Crippen LogP contribution < -0.4 is 0 Å². The van der Waals surface area contributed by atoms with Crippen LogP contribution in [0.25, 0.3) is 0 Å². The van der Waals surface area contributed by atoms with E-state index >= 15 is 0 Å². The second kappa shape index (κ2) is 7.30. The van der Waals surface area contributed by atoms with Crippen LogP contribution in [0.4, 0.5) is 0 Å². The van der Waals surface area contributed by atoms with Crippen LogP contribution in [-0.4, -0.2) is 12.0 Å². The van der Waals surface area contributed by atoms with E-state index in [9.17, 15) is 4.79 Å². The van der Waals surface area contributed by atoms with Gasteiger partial charge in [0.2, 0.25) is 6.29 Å². The number of hydrogen-bond acceptors (Lipinski definition) is 2. The van der Waals surface area contributed by atoms with Crippen LogP contribution in [-0.2, 0) is 9.54 Å². The third-order valence-electron chi connectivity index (χ3n) is 3.89. The molecule has 0 N–H and O–H groups in total. The van der Waals surface area contributed by atoms with Gasteiger partial charge in [-0.25, -0.2) is 0 Å². The molecule has 0 aliphatic rings. The summed E-state index contributed by atoms with van der Waals surface area (Å²) in [5.41, 5.74) is 3.49. The molecule has 0 amide bonds. The second-order valence-electron chi connectivity index (χ2n) is 5.21. The quantitative estimate of drug-likeness (QED) is 0.606. The summed E-state index contributed by atoms with van der Waals surface area (Å²) in [6, 6.07) is 31.0. The summed E-state index contributed by atoms with van der Waals surface area (Å²) >= 11 is 1.60. The molecule has 23 heavy (non-hydrogen) atoms. The van der Waals surface area contributed by atoms with Gasteiger partial charge >= 0.3 is 0 Å². The number of rotatable bonds is 6. The Kier molecular flexibility index (Phi) is 4.94. The van der Waals surface area contributed by atoms with Gasteiger partial charge in [0.15, 0.2) is 0 Å². The predicted molar refractivity (Wildman–Crippen MR) is 97.4 cm³/mol. The first-order chi connectivity index (χ1) is 11.4. The topological polar surface area (TPSA) is 17.1 Å². The Balaban J connectivity index is 2.27. The van der Waals surface area contributed by atoms with Crippen LogP contribution in [0.2, 0.25) is 0 Å². The lowest BCUT2D eigenvalue weighted by Crippen LogP contribution is -2.26. The maximum absolute atomic E-state index is 11.0. The molecule has 3 aromatic rings. The fraction of sp³-hybridized carbons (Fsp3) is 0.0952. The fourth-order valence-electron chi connectivity index (χ4n) is 2.91. The molecule has 0 saturated heterocycles. The van der Waals surface area contributed by atoms with Crippen molar-refractivity contribution in [2.45, 2.75) is 4.75 Å². The van der Waals surface area contributed by atoms with Gasteiger partial charge in [0.1, 0.15) is 0 Å². The molecular formula is C21H17OS. The first-order valence-electron chi connectivity index (χ1n) is 7.53. The van der Waals surface area contributed by atoms with Gasteiger partial charge in [0, 0.05) is 0 Å². The minimum Gasteiger partial charge on any atom is -0.290 e. The molecule has 0 fully saturated rings. The van der Waals surface area contributed by atoms with Gasteiger partial charge in [-0.15, -0.1) is 11.8 Å². The maximum Gasteiger partial charge on any atom is 0.209 e. The Morgan fingerprint density at radius 2 is 1.00 bits per heavy atom. The van der Waals surface area contributed by atoms with Crippen molar-refractivity contribution in [3.05, 3.63) is 108 Å². The average molecular weight is 317 g/mol. The second-order valence-corrected chi connectivity index (χ2v) is 6.40. The van der Waals surface area contributed by atoms with Crippen molar-refractivity contribution in [1.29, 1.82) is 0 Å². The molecule has 0 spiro atoms. The van der Waals surface area contributed by atoms with Crippen molar-refractivity contribution in [3.63, 3.8) is 0 Å². The number of benzene rings is 3. The normalized spacial score (nSPS) is 11.1. The molecule has 0 unspecified atom stereocenters. The first kappa shape index (κ1) is 15.6. The minimum atomic E-state index is -0.415. The lowest BCUT2D eigenvalue weighted by atomic mass is 9.84. The monoisotopic (exact) mass is 317 g/mol. The van der Waals surface area contributed by atoms with E-state index in [2.05, 4.69) is 36.4 Å². The molecule has 2 heteroatoms. The molecule has 0 heterocycles. The van der Waals surface area contributed by atoms with E-state index in [1.165, 1.54) is 0 Å². The van der Waals surface area contributed by atoms with Crippen molar-refractivity contribution < 1.29 is 4.79 Å². The molecular weight excluding hydrogens is 300 g/mol. The van der Waals surface area contributed by atoms with Gasteiger partial charge in [-0.3, -0.25) is 4.79 Å². The third kappa shape index (κ3) is 3.08. The molecule has 0 saturated carbocycles. The summed E-state index contributed by atoms with van der Waals surface area (Å²) in [5, 5.41) is 0. The van der Waals surface area contributed by atoms with Gasteiger partial charge < -0.3 is 0 Å². The molecule has 3 rings (SSSR count). The average Bonchev–Trinajstić information content (AvgIpc) is 2.65. The van der Waals surface area contributed by atoms with E-state index in [-0.39, 0.29) is 0 Å². The molecule has 0 bridgehead atoms. The van der Waals surface area contributed by atoms with E-state index < -0.39 is 4.75 Å². The summed E-state index contributed by atoms with van der Waals surface area (Å²) < 4.78 is -0.415. The number of carbonyl (C=O) groups excluding carboxylic acids is 1. The SMILES string of the molecule is O=[C]CSC(c1ccccc1)(c1ccccc1)c1ccccc1. The summed E-state index contributed by atoms with van der Waals surface area (Å²) in [4.78, 5) is 11.0. The van der Waals surface area contributed by atoms with E-state index in [0.717, 1.165) is 16.7 Å². The standard InChI is InChI=1S/C21H17OS/c22-16-17-23-21(18-10-4-1-5-11-18,19-12-6-2-7-13-19)20-14-8-3-9-15-20/h1-15H,17H2. The Morgan fingerprint density at radius 1 is 0.652 bits per heavy atom. The highest BCUT2D eigenvalue weighted by Gasteiger charge is 2.36. The van der Waals surface area contributed by atoms with Crippen LogP contribution in [0.1, 0.15) is 16.7 Å². The number of hydrogen-bond donors (Lipinski definition) is 0. The summed E-state index contributed by atoms with van der Waals surface area (Å²) in [5.74, 6) is 0.318. The smallest absolute Gasteiger partial charge is 0.209 e. The molecule has 3 aromatic carbocycles. The largest absolute Gasteiger partial charge is 0.290 e. The number of thioether (sulfide) groups is 1. The zero-order chi connectivity index (χ0) is 16.0. The maximum atomic E-state index is 11.0. The van der Waals surface area contributed by atoms with Gasteiger partial charge in [0.25, 0.3) is 0 Å². The van der Waals surface area contributed by atoms with Gasteiger partial charge in [-0.05, 0) is 16.7 Å². The summed E-state index contributed by atoms with van der Waals surface area (Å²) in [6.07, 6.45) is 2.05. The lowest BCUT2D eigenvalue weighted by molar-refractivity contribution is 0.560. The van der Waals surface area contributed by atoms with E-state index in [1.807, 2.05) is 60.9 Å². The van der Waals surface area contributed by atoms with E-state index in [4.69, 9.17) is 0 Å². The van der Waals surface area contributed by atoms with Crippen molar-refractivity contribution in [2.75, 3.05) is 5.75 Å². The Bertz CT molecular complexity index is 642. The van der Waals surface area contributed by atoms with Gasteiger partial charge in [-0.2, -0.15) is 0 Å². The zero-order valence-corrected chi connectivity index (χ0v) is 13.5. The van der Waals surface area contributed by atoms with E-state index in [0.29, 0.717) is 5.75 Å². The minimum absolute atomic E-state index is 0.318. The van der Waals surface area contributed by atoms with Crippen molar-refractivity contribution in [3.8, 4) is 0 Å². The molecule has 1 radical (unpaired) electrons. The van der Waals surface area contributed by atoms with Crippen molar-refractivity contribution in [1.82, 2.24) is 0 Å². The molecule has 0 aromatic heterocycles. The summed E-state index contributed by atoms with van der Waals surface area (Å²) in [7, 11) is 0. The van der Waals surface area contributed by atoms with E-state index in [1.54, 1.807) is 11.8 Å². The first-order valence-corrected chi connectivity index (χ1v) is 8.52. The highest BCUT2D eigenvalue weighted by atomic mass is 32.2. The van der Waals surface area contributed by atoms with Crippen LogP contribution in [0.5, 0.6) is 0 Å². The Hall–Kier alpha value is -2.32. The molecule has 1 nitrogen and oxygen atoms in total. The van der Waals surface area contributed by atoms with Crippen LogP contribution in [0.3, 0.4) is 0 Å². The summed E-state index contributed by atoms with van der Waals surface area (Å²) in [6.45, 7) is 0. The van der Waals surface area contributed by atoms with Crippen molar-refractivity contribution >= 4 is 18.0 Å². The Morgan fingerprint density at radius 3 is 1.30 bits per heavy atom. The molecule has 113 valence electrons.